The van der Waals surface area contributed by atoms with Crippen molar-refractivity contribution >= 4 is 35.0 Å². The summed E-state index contributed by atoms with van der Waals surface area (Å²) < 4.78 is 85.3. The fourth-order valence-electron chi connectivity index (χ4n) is 10.2. The predicted octanol–water partition coefficient (Wildman–Crippen LogP) is 11.4. The molecule has 4 heterocycles. The molecule has 5 N–H and O–H groups in total. The number of aromatic amines is 1. The number of nitrogens with two attached hydrogens (primary N) is 2. The van der Waals surface area contributed by atoms with Crippen molar-refractivity contribution < 1.29 is 45.5 Å². The number of carbonyl (C=O) groups is 4. The van der Waals surface area contributed by atoms with Crippen LogP contribution in [0.1, 0.15) is 116 Å². The molecular formula is C60H55ClF6N8O4. The standard InChI is InChI=1S/C30H27F3N4O2.C23H18ClF3N2O2.C7H10N2/c31-22-11-18(12-23(32)15-22)10-21(13-24(38)17-37-28-6-2-1-4-20(28)16-36-37)29-25(5-3-9-35-29)19-7-8-27(33)26(14-19)30(34)39;24-12-18(30)9-15(6-13-7-16(25)11-17(26)8-13)22-19(2-1-5-29-22)14-3-4-21(27)20(10-14)23(28)31;1-2-4-7-6(3-1)5-8-9-7/h3,5,7-9,11-12,14-16,21H,1-2,4,6,10,13,17H2,(H2,34,39);1-5,7-8,10-11,15H,6,9,12H2,(H2,28,31);5H,1-4H2,(H,8,9)/t21-;15-;/m11./s1. The highest BCUT2D eigenvalue weighted by Gasteiger charge is 2.26. The SMILES string of the molecule is NC(=O)c1cc(-c2cccnc2[C@@H](CC(=O)CCl)Cc2cc(F)cc(F)c2)ccc1F.NC(=O)c1cc(-c2cccnc2[C@@H](CC(=O)Cn2ncc3c2CCCC3)Cc2cc(F)cc(F)c2)ccc1F.c1n[nH]c2c1CCCC2. The zero-order chi connectivity index (χ0) is 56.2. The van der Waals surface area contributed by atoms with Gasteiger partial charge in [0.05, 0.1) is 47.3 Å². The second-order valence-corrected chi connectivity index (χ2v) is 19.8. The van der Waals surface area contributed by atoms with Gasteiger partial charge in [0.1, 0.15) is 40.7 Å². The Morgan fingerprint density at radius 2 is 1.06 bits per heavy atom. The first-order valence-corrected chi connectivity index (χ1v) is 26.2. The van der Waals surface area contributed by atoms with Gasteiger partial charge in [-0.25, -0.2) is 26.3 Å². The normalized spacial score (nSPS) is 13.4. The molecule has 2 amide bonds. The average Bonchev–Trinajstić information content (AvgIpc) is 4.13. The van der Waals surface area contributed by atoms with Gasteiger partial charge in [-0.2, -0.15) is 10.2 Å². The molecule has 408 valence electrons. The van der Waals surface area contributed by atoms with Crippen LogP contribution in [0, 0.1) is 34.9 Å². The Morgan fingerprint density at radius 3 is 1.56 bits per heavy atom. The lowest BCUT2D eigenvalue weighted by atomic mass is 9.86. The smallest absolute Gasteiger partial charge is 0.251 e. The summed E-state index contributed by atoms with van der Waals surface area (Å²) in [6.45, 7) is 0.0773. The number of rotatable bonds is 17. The lowest BCUT2D eigenvalue weighted by Crippen LogP contribution is -2.19. The van der Waals surface area contributed by atoms with Crippen molar-refractivity contribution in [2.45, 2.75) is 95.4 Å². The van der Waals surface area contributed by atoms with E-state index in [-0.39, 0.29) is 60.8 Å². The molecule has 0 bridgehead atoms. The van der Waals surface area contributed by atoms with Crippen LogP contribution in [0.5, 0.6) is 0 Å². The number of nitrogens with one attached hydrogen (secondary N) is 1. The average molecular weight is 1100 g/mol. The molecule has 4 aromatic heterocycles. The van der Waals surface area contributed by atoms with Crippen LogP contribution in [0.25, 0.3) is 22.3 Å². The molecular weight excluding hydrogens is 1050 g/mol. The van der Waals surface area contributed by atoms with Crippen LogP contribution in [-0.4, -0.2) is 59.2 Å². The third-order valence-corrected chi connectivity index (χ3v) is 14.1. The number of H-pyrrole nitrogens is 1. The van der Waals surface area contributed by atoms with Gasteiger partial charge in [0.25, 0.3) is 11.8 Å². The van der Waals surface area contributed by atoms with Crippen molar-refractivity contribution in [2.24, 2.45) is 11.5 Å². The summed E-state index contributed by atoms with van der Waals surface area (Å²) in [5.41, 5.74) is 18.8. The molecule has 4 aromatic carbocycles. The number of primary amides is 2. The summed E-state index contributed by atoms with van der Waals surface area (Å²) in [6.07, 6.45) is 16.2. The summed E-state index contributed by atoms with van der Waals surface area (Å²) in [6, 6.07) is 21.0. The zero-order valence-electron chi connectivity index (χ0n) is 42.8. The Labute approximate surface area is 456 Å². The van der Waals surface area contributed by atoms with E-state index in [2.05, 4.69) is 25.3 Å². The number of ketones is 2. The summed E-state index contributed by atoms with van der Waals surface area (Å²) in [7, 11) is 0. The third kappa shape index (κ3) is 14.9. The van der Waals surface area contributed by atoms with Crippen molar-refractivity contribution in [2.75, 3.05) is 5.88 Å². The van der Waals surface area contributed by atoms with Crippen LogP contribution >= 0.6 is 11.6 Å². The number of carbonyl (C=O) groups excluding carboxylic acids is 4. The van der Waals surface area contributed by atoms with E-state index in [9.17, 15) is 45.5 Å². The van der Waals surface area contributed by atoms with Gasteiger partial charge < -0.3 is 11.5 Å². The highest BCUT2D eigenvalue weighted by molar-refractivity contribution is 6.27. The number of benzene rings is 4. The fraction of sp³-hybridized carbons (Fsp3) is 0.267. The van der Waals surface area contributed by atoms with Crippen molar-refractivity contribution in [1.82, 2.24) is 29.9 Å². The van der Waals surface area contributed by atoms with Crippen molar-refractivity contribution in [3.63, 3.8) is 0 Å². The van der Waals surface area contributed by atoms with Crippen molar-refractivity contribution in [1.29, 1.82) is 0 Å². The van der Waals surface area contributed by atoms with Crippen LogP contribution in [0.3, 0.4) is 0 Å². The second-order valence-electron chi connectivity index (χ2n) is 19.5. The lowest BCUT2D eigenvalue weighted by Gasteiger charge is -2.20. The number of amides is 2. The van der Waals surface area contributed by atoms with Gasteiger partial charge in [0.2, 0.25) is 0 Å². The van der Waals surface area contributed by atoms with E-state index >= 15 is 0 Å². The Hall–Kier alpha value is -8.25. The van der Waals surface area contributed by atoms with E-state index in [0.29, 0.717) is 44.8 Å². The van der Waals surface area contributed by atoms with Gasteiger partial charge in [0.15, 0.2) is 5.78 Å². The van der Waals surface area contributed by atoms with Gasteiger partial charge in [0, 0.05) is 71.7 Å². The molecule has 0 fully saturated rings. The molecule has 0 radical (unpaired) electrons. The fourth-order valence-corrected chi connectivity index (χ4v) is 10.3. The molecule has 10 rings (SSSR count). The van der Waals surface area contributed by atoms with Gasteiger partial charge >= 0.3 is 0 Å². The molecule has 8 aromatic rings. The minimum atomic E-state index is -0.922. The minimum Gasteiger partial charge on any atom is -0.366 e. The number of nitrogens with zero attached hydrogens (tertiary/aromatic N) is 5. The van der Waals surface area contributed by atoms with Crippen LogP contribution in [0.15, 0.2) is 122 Å². The molecule has 2 aliphatic rings. The molecule has 12 nitrogen and oxygen atoms in total. The number of aryl methyl sites for hydroxylation is 3. The van der Waals surface area contributed by atoms with Gasteiger partial charge in [-0.3, -0.25) is 38.9 Å². The molecule has 2 aliphatic carbocycles. The van der Waals surface area contributed by atoms with E-state index in [1.54, 1.807) is 35.1 Å². The van der Waals surface area contributed by atoms with Crippen LogP contribution in [0.4, 0.5) is 26.3 Å². The number of alkyl halides is 1. The van der Waals surface area contributed by atoms with E-state index in [1.807, 2.05) is 12.4 Å². The largest absolute Gasteiger partial charge is 0.366 e. The number of hydrogen-bond donors (Lipinski definition) is 3. The summed E-state index contributed by atoms with van der Waals surface area (Å²) in [5.74, 6) is -7.98. The van der Waals surface area contributed by atoms with Gasteiger partial charge in [-0.1, -0.05) is 24.3 Å². The number of halogens is 7. The first-order valence-electron chi connectivity index (χ1n) is 25.7. The quantitative estimate of drug-likeness (QED) is 0.0592. The second kappa shape index (κ2) is 26.4. The maximum Gasteiger partial charge on any atom is 0.251 e. The van der Waals surface area contributed by atoms with Gasteiger partial charge in [-0.05, 0) is 158 Å². The Kier molecular flexibility index (Phi) is 19.0. The maximum atomic E-state index is 14.2. The molecule has 19 heteroatoms. The van der Waals surface area contributed by atoms with E-state index < -0.39 is 58.6 Å². The molecule has 0 saturated carbocycles. The van der Waals surface area contributed by atoms with E-state index in [0.717, 1.165) is 61.2 Å². The highest BCUT2D eigenvalue weighted by Crippen LogP contribution is 2.36. The predicted molar refractivity (Wildman–Crippen MR) is 286 cm³/mol. The number of Topliss-reactive ketones (excluding diaryl/α,β-unsaturated/α-hetero) is 2. The zero-order valence-corrected chi connectivity index (χ0v) is 43.5. The number of hydrogen-bond acceptors (Lipinski definition) is 8. The first-order chi connectivity index (χ1) is 38.0. The van der Waals surface area contributed by atoms with Crippen molar-refractivity contribution in [3.8, 4) is 22.3 Å². The van der Waals surface area contributed by atoms with Gasteiger partial charge in [-0.15, -0.1) is 11.6 Å². The molecule has 0 unspecified atom stereocenters. The van der Waals surface area contributed by atoms with E-state index in [4.69, 9.17) is 23.1 Å². The number of fused-ring (bicyclic) bond motifs is 2. The molecule has 0 saturated heterocycles. The Morgan fingerprint density at radius 1 is 0.582 bits per heavy atom. The lowest BCUT2D eigenvalue weighted by molar-refractivity contribution is -0.120. The van der Waals surface area contributed by atoms with Crippen LogP contribution in [0.2, 0.25) is 0 Å². The number of pyridine rings is 2. The van der Waals surface area contributed by atoms with Crippen molar-refractivity contribution in [3.05, 3.63) is 213 Å². The molecule has 0 spiro atoms. The Bertz CT molecular complexity index is 3450. The highest BCUT2D eigenvalue weighted by atomic mass is 35.5. The maximum absolute atomic E-state index is 14.2. The topological polar surface area (TPSA) is 193 Å². The number of aromatic nitrogens is 6. The third-order valence-electron chi connectivity index (χ3n) is 13.8. The Balaban J connectivity index is 0.000000182. The monoisotopic (exact) mass is 1100 g/mol. The van der Waals surface area contributed by atoms with E-state index in [1.165, 1.54) is 91.7 Å². The summed E-state index contributed by atoms with van der Waals surface area (Å²) in [4.78, 5) is 57.8. The molecule has 0 aliphatic heterocycles. The minimum absolute atomic E-state index is 0.0183. The first kappa shape index (κ1) is 56.9. The summed E-state index contributed by atoms with van der Waals surface area (Å²) >= 11 is 5.68. The molecule has 2 atom stereocenters. The summed E-state index contributed by atoms with van der Waals surface area (Å²) in [5, 5.41) is 11.4. The van der Waals surface area contributed by atoms with Crippen LogP contribution in [-0.2, 0) is 54.7 Å². The van der Waals surface area contributed by atoms with Crippen LogP contribution < -0.4 is 11.5 Å². The molecule has 79 heavy (non-hydrogen) atoms.